The van der Waals surface area contributed by atoms with Gasteiger partial charge in [0.15, 0.2) is 0 Å². The third-order valence-electron chi connectivity index (χ3n) is 1.40. The van der Waals surface area contributed by atoms with E-state index in [2.05, 4.69) is 4.98 Å². The molecule has 1 aromatic heterocycles. The van der Waals surface area contributed by atoms with Crippen molar-refractivity contribution in [2.75, 3.05) is 0 Å². The zero-order valence-corrected chi connectivity index (χ0v) is 7.05. The summed E-state index contributed by atoms with van der Waals surface area (Å²) in [6, 6.07) is 1.64. The minimum atomic E-state index is -4.85. The molecule has 0 radical (unpaired) electrons. The Morgan fingerprint density at radius 1 is 1.31 bits per heavy atom. The summed E-state index contributed by atoms with van der Waals surface area (Å²) < 4.78 is 35.4. The van der Waals surface area contributed by atoms with E-state index < -0.39 is 6.98 Å². The highest BCUT2D eigenvalue weighted by Gasteiger charge is 2.16. The molecule has 0 bridgehead atoms. The van der Waals surface area contributed by atoms with E-state index in [1.807, 2.05) is 0 Å². The number of halogens is 3. The van der Waals surface area contributed by atoms with Crippen LogP contribution in [-0.2, 0) is 0 Å². The maximum atomic E-state index is 11.8. The molecule has 70 valence electrons. The summed E-state index contributed by atoms with van der Waals surface area (Å²) in [6.07, 6.45) is 4.02. The number of hydrogen-bond acceptors (Lipinski definition) is 1. The first-order chi connectivity index (χ1) is 5.97. The van der Waals surface area contributed by atoms with Gasteiger partial charge in [-0.15, -0.1) is 5.98 Å². The van der Waals surface area contributed by atoms with Crippen molar-refractivity contribution in [1.82, 2.24) is 4.98 Å². The number of hydrogen-bond donors (Lipinski definition) is 0. The van der Waals surface area contributed by atoms with Gasteiger partial charge in [0.05, 0.1) is 0 Å². The number of aryl methyl sites for hydroxylation is 1. The second-order valence-electron chi connectivity index (χ2n) is 2.78. The van der Waals surface area contributed by atoms with E-state index in [9.17, 15) is 12.9 Å². The Balaban J connectivity index is 2.80. The number of pyridine rings is 1. The van der Waals surface area contributed by atoms with Gasteiger partial charge in [-0.1, -0.05) is 6.08 Å². The van der Waals surface area contributed by atoms with Crippen molar-refractivity contribution in [1.29, 1.82) is 0 Å². The van der Waals surface area contributed by atoms with E-state index in [1.165, 1.54) is 6.20 Å². The second kappa shape index (κ2) is 3.64. The lowest BCUT2D eigenvalue weighted by atomic mass is 9.91. The molecule has 0 fully saturated rings. The molecule has 1 rings (SSSR count). The number of nitrogens with zero attached hydrogens (tertiary/aromatic N) is 1. The average Bonchev–Trinajstić information content (AvgIpc) is 2.00. The molecule has 5 heteroatoms. The Morgan fingerprint density at radius 3 is 2.54 bits per heavy atom. The predicted octanol–water partition coefficient (Wildman–Crippen LogP) is 2.79. The van der Waals surface area contributed by atoms with E-state index in [1.54, 1.807) is 19.2 Å². The van der Waals surface area contributed by atoms with Crippen molar-refractivity contribution in [3.05, 3.63) is 35.6 Å². The monoisotopic (exact) mass is 186 g/mol. The van der Waals surface area contributed by atoms with Crippen molar-refractivity contribution in [3.8, 4) is 0 Å². The number of aromatic nitrogens is 1. The fourth-order valence-electron chi connectivity index (χ4n) is 0.890. The second-order valence-corrected chi connectivity index (χ2v) is 2.78. The molecule has 0 N–H and O–H groups in total. The van der Waals surface area contributed by atoms with Crippen LogP contribution in [0, 0.1) is 6.92 Å². The molecule has 0 aromatic carbocycles. The molecule has 0 unspecified atom stereocenters. The molecule has 0 spiro atoms. The molecule has 1 nitrogen and oxygen atoms in total. The molecule has 0 aliphatic rings. The van der Waals surface area contributed by atoms with Crippen LogP contribution in [0.1, 0.15) is 11.1 Å². The van der Waals surface area contributed by atoms with Crippen LogP contribution in [0.25, 0.3) is 6.08 Å². The Hall–Kier alpha value is -1.26. The summed E-state index contributed by atoms with van der Waals surface area (Å²) in [4.78, 5) is 3.77. The topological polar surface area (TPSA) is 12.9 Å². The van der Waals surface area contributed by atoms with E-state index in [0.717, 1.165) is 11.6 Å². The minimum absolute atomic E-state index is 0.260. The van der Waals surface area contributed by atoms with Gasteiger partial charge >= 0.3 is 6.98 Å². The van der Waals surface area contributed by atoms with Gasteiger partial charge in [0.1, 0.15) is 0 Å². The largest absolute Gasteiger partial charge is 0.502 e. The van der Waals surface area contributed by atoms with Gasteiger partial charge in [-0.25, -0.2) is 0 Å². The standard InChI is InChI=1S/C8H8BF3N/c1-7-4-8(6-13-5-7)2-3-9(10,11)12/h2-6H,1H3/q-1/b3-2+. The van der Waals surface area contributed by atoms with Crippen molar-refractivity contribution in [2.24, 2.45) is 0 Å². The minimum Gasteiger partial charge on any atom is -0.445 e. The third kappa shape index (κ3) is 3.78. The predicted molar refractivity (Wildman–Crippen MR) is 47.1 cm³/mol. The molecule has 0 atom stereocenters. The highest BCUT2D eigenvalue weighted by Crippen LogP contribution is 2.12. The molecule has 0 aliphatic carbocycles. The summed E-state index contributed by atoms with van der Waals surface area (Å²) in [6.45, 7) is -3.07. The Kier molecular flexibility index (Phi) is 2.75. The maximum Gasteiger partial charge on any atom is 0.502 e. The molecular formula is C8H8BF3N-. The van der Waals surface area contributed by atoms with Gasteiger partial charge in [0.2, 0.25) is 0 Å². The van der Waals surface area contributed by atoms with Gasteiger partial charge in [-0.05, 0) is 24.1 Å². The Labute approximate surface area is 74.4 Å². The lowest BCUT2D eigenvalue weighted by Crippen LogP contribution is -2.09. The summed E-state index contributed by atoms with van der Waals surface area (Å²) in [5.74, 6) is 0.260. The first kappa shape index (κ1) is 9.83. The van der Waals surface area contributed by atoms with Crippen LogP contribution < -0.4 is 0 Å². The fraction of sp³-hybridized carbons (Fsp3) is 0.125. The van der Waals surface area contributed by atoms with Gasteiger partial charge in [-0.2, -0.15) is 0 Å². The van der Waals surface area contributed by atoms with Crippen LogP contribution in [0.15, 0.2) is 24.4 Å². The smallest absolute Gasteiger partial charge is 0.445 e. The quantitative estimate of drug-likeness (QED) is 0.647. The van der Waals surface area contributed by atoms with Crippen LogP contribution in [0.2, 0.25) is 0 Å². The van der Waals surface area contributed by atoms with Gasteiger partial charge < -0.3 is 12.9 Å². The molecule has 0 amide bonds. The van der Waals surface area contributed by atoms with Crippen molar-refractivity contribution in [3.63, 3.8) is 0 Å². The van der Waals surface area contributed by atoms with E-state index in [-0.39, 0.29) is 5.98 Å². The first-order valence-corrected chi connectivity index (χ1v) is 3.78. The summed E-state index contributed by atoms with van der Waals surface area (Å²) >= 11 is 0. The SMILES string of the molecule is Cc1cncc(/C=C/[B-](F)(F)F)c1. The third-order valence-corrected chi connectivity index (χ3v) is 1.40. The molecule has 0 saturated carbocycles. The fourth-order valence-corrected chi connectivity index (χ4v) is 0.890. The van der Waals surface area contributed by atoms with Crippen LogP contribution in [0.5, 0.6) is 0 Å². The van der Waals surface area contributed by atoms with Crippen LogP contribution >= 0.6 is 0 Å². The molecule has 0 saturated heterocycles. The molecule has 1 aromatic rings. The van der Waals surface area contributed by atoms with Crippen molar-refractivity contribution < 1.29 is 12.9 Å². The molecule has 0 aliphatic heterocycles. The average molecular weight is 186 g/mol. The van der Waals surface area contributed by atoms with E-state index in [4.69, 9.17) is 0 Å². The zero-order valence-electron chi connectivity index (χ0n) is 7.05. The lowest BCUT2D eigenvalue weighted by Gasteiger charge is -2.06. The summed E-state index contributed by atoms with van der Waals surface area (Å²) in [5.41, 5.74) is 1.32. The molecular weight excluding hydrogens is 178 g/mol. The van der Waals surface area contributed by atoms with Gasteiger partial charge in [0.25, 0.3) is 0 Å². The van der Waals surface area contributed by atoms with Gasteiger partial charge in [0, 0.05) is 12.4 Å². The summed E-state index contributed by atoms with van der Waals surface area (Å²) in [7, 11) is 0. The van der Waals surface area contributed by atoms with Gasteiger partial charge in [-0.3, -0.25) is 4.98 Å². The zero-order chi connectivity index (χ0) is 9.90. The normalized spacial score (nSPS) is 12.3. The number of rotatable bonds is 2. The lowest BCUT2D eigenvalue weighted by molar-refractivity contribution is 0.499. The molecule has 1 heterocycles. The summed E-state index contributed by atoms with van der Waals surface area (Å²) in [5, 5.41) is 0. The maximum absolute atomic E-state index is 11.8. The Morgan fingerprint density at radius 2 is 2.00 bits per heavy atom. The molecule has 13 heavy (non-hydrogen) atoms. The first-order valence-electron chi connectivity index (χ1n) is 3.78. The van der Waals surface area contributed by atoms with Crippen LogP contribution in [0.4, 0.5) is 12.9 Å². The Bertz CT molecular complexity index is 319. The highest BCUT2D eigenvalue weighted by atomic mass is 19.4. The van der Waals surface area contributed by atoms with Crippen LogP contribution in [0.3, 0.4) is 0 Å². The van der Waals surface area contributed by atoms with Crippen molar-refractivity contribution >= 4 is 13.1 Å². The van der Waals surface area contributed by atoms with E-state index >= 15 is 0 Å². The van der Waals surface area contributed by atoms with E-state index in [0.29, 0.717) is 5.56 Å². The highest BCUT2D eigenvalue weighted by molar-refractivity contribution is 6.64. The van der Waals surface area contributed by atoms with Crippen LogP contribution in [-0.4, -0.2) is 12.0 Å². The van der Waals surface area contributed by atoms with Crippen molar-refractivity contribution in [2.45, 2.75) is 6.92 Å².